The minimum atomic E-state index is -0.895. The van der Waals surface area contributed by atoms with Crippen molar-refractivity contribution in [2.45, 2.75) is 45.3 Å². The van der Waals surface area contributed by atoms with E-state index in [2.05, 4.69) is 17.4 Å². The van der Waals surface area contributed by atoms with Crippen LogP contribution in [0.5, 0.6) is 17.2 Å². The molecule has 0 aliphatic heterocycles. The fourth-order valence-corrected chi connectivity index (χ4v) is 3.16. The number of esters is 1. The fourth-order valence-electron chi connectivity index (χ4n) is 3.16. The number of methoxy groups -OCH3 is 3. The first-order valence-corrected chi connectivity index (χ1v) is 10.2. The molecule has 168 valence electrons. The number of benzene rings is 2. The van der Waals surface area contributed by atoms with Gasteiger partial charge in [-0.05, 0) is 49.9 Å². The normalized spacial score (nSPS) is 12.4. The molecule has 0 heterocycles. The molecule has 0 spiro atoms. The van der Waals surface area contributed by atoms with E-state index in [4.69, 9.17) is 18.9 Å². The van der Waals surface area contributed by atoms with Crippen molar-refractivity contribution in [2.75, 3.05) is 21.3 Å². The summed E-state index contributed by atoms with van der Waals surface area (Å²) in [6, 6.07) is 13.4. The highest BCUT2D eigenvalue weighted by atomic mass is 16.5. The molecule has 7 nitrogen and oxygen atoms in total. The zero-order valence-corrected chi connectivity index (χ0v) is 18.8. The molecule has 0 saturated carbocycles. The fraction of sp³-hybridized carbons (Fsp3) is 0.417. The van der Waals surface area contributed by atoms with E-state index in [1.165, 1.54) is 26.9 Å². The molecule has 0 aliphatic rings. The average molecular weight is 430 g/mol. The van der Waals surface area contributed by atoms with E-state index in [-0.39, 0.29) is 18.4 Å². The molecule has 1 amide bonds. The van der Waals surface area contributed by atoms with Gasteiger partial charge in [-0.1, -0.05) is 30.3 Å². The lowest BCUT2D eigenvalue weighted by Gasteiger charge is -2.18. The molecule has 0 fully saturated rings. The van der Waals surface area contributed by atoms with E-state index in [9.17, 15) is 9.59 Å². The maximum absolute atomic E-state index is 12.4. The first-order chi connectivity index (χ1) is 14.9. The molecule has 2 aromatic carbocycles. The summed E-state index contributed by atoms with van der Waals surface area (Å²) in [4.78, 5) is 24.8. The largest absolute Gasteiger partial charge is 0.493 e. The monoisotopic (exact) mass is 429 g/mol. The van der Waals surface area contributed by atoms with Crippen LogP contribution in [0.3, 0.4) is 0 Å². The standard InChI is InChI=1S/C24H31NO6/c1-16(11-12-18-9-7-6-8-10-18)25-24(27)17(2)31-22(26)15-19-13-20(28-3)23(30-5)21(14-19)29-4/h6-10,13-14,16-17H,11-12,15H2,1-5H3,(H,25,27)/t16-,17-/m0/s1. The van der Waals surface area contributed by atoms with Crippen molar-refractivity contribution in [1.29, 1.82) is 0 Å². The summed E-state index contributed by atoms with van der Waals surface area (Å²) in [7, 11) is 4.52. The number of aryl methyl sites for hydroxylation is 1. The third-order valence-corrected chi connectivity index (χ3v) is 4.85. The predicted molar refractivity (Wildman–Crippen MR) is 118 cm³/mol. The van der Waals surface area contributed by atoms with E-state index < -0.39 is 12.1 Å². The summed E-state index contributed by atoms with van der Waals surface area (Å²) in [5, 5.41) is 2.90. The molecule has 2 atom stereocenters. The highest BCUT2D eigenvalue weighted by molar-refractivity contribution is 5.84. The SMILES string of the molecule is COc1cc(CC(=O)O[C@@H](C)C(=O)N[C@@H](C)CCc2ccccc2)cc(OC)c1OC. The van der Waals surface area contributed by atoms with Crippen LogP contribution in [0.25, 0.3) is 0 Å². The van der Waals surface area contributed by atoms with E-state index >= 15 is 0 Å². The molecule has 0 aliphatic carbocycles. The Morgan fingerprint density at radius 3 is 2.06 bits per heavy atom. The second-order valence-corrected chi connectivity index (χ2v) is 7.28. The first kappa shape index (κ1) is 24.1. The van der Waals surface area contributed by atoms with Gasteiger partial charge < -0.3 is 24.3 Å². The first-order valence-electron chi connectivity index (χ1n) is 10.2. The topological polar surface area (TPSA) is 83.1 Å². The van der Waals surface area contributed by atoms with Gasteiger partial charge in [0, 0.05) is 6.04 Å². The molecule has 2 aromatic rings. The Morgan fingerprint density at radius 2 is 1.52 bits per heavy atom. The Hall–Kier alpha value is -3.22. The van der Waals surface area contributed by atoms with Crippen LogP contribution in [-0.2, 0) is 27.2 Å². The molecule has 7 heteroatoms. The van der Waals surface area contributed by atoms with Crippen LogP contribution < -0.4 is 19.5 Å². The highest BCUT2D eigenvalue weighted by Crippen LogP contribution is 2.38. The number of carbonyl (C=O) groups is 2. The van der Waals surface area contributed by atoms with Crippen LogP contribution in [-0.4, -0.2) is 45.4 Å². The van der Waals surface area contributed by atoms with Crippen molar-refractivity contribution < 1.29 is 28.5 Å². The molecule has 0 bridgehead atoms. The average Bonchev–Trinajstić information content (AvgIpc) is 2.77. The minimum Gasteiger partial charge on any atom is -0.493 e. The Labute approximate surface area is 183 Å². The van der Waals surface area contributed by atoms with Crippen LogP contribution in [0.1, 0.15) is 31.4 Å². The Bertz CT molecular complexity index is 843. The minimum absolute atomic E-state index is 0.0299. The number of nitrogens with one attached hydrogen (secondary N) is 1. The summed E-state index contributed by atoms with van der Waals surface area (Å²) in [5.74, 6) is 0.498. The second-order valence-electron chi connectivity index (χ2n) is 7.28. The molecule has 2 rings (SSSR count). The third-order valence-electron chi connectivity index (χ3n) is 4.85. The van der Waals surface area contributed by atoms with Crippen molar-refractivity contribution in [3.63, 3.8) is 0 Å². The number of ether oxygens (including phenoxy) is 4. The number of rotatable bonds is 11. The maximum atomic E-state index is 12.4. The van der Waals surface area contributed by atoms with Crippen LogP contribution in [0.2, 0.25) is 0 Å². The maximum Gasteiger partial charge on any atom is 0.311 e. The van der Waals surface area contributed by atoms with E-state index in [1.807, 2.05) is 25.1 Å². The summed E-state index contributed by atoms with van der Waals surface area (Å²) in [6.45, 7) is 3.50. The molecule has 1 N–H and O–H groups in total. The molecular formula is C24H31NO6. The quantitative estimate of drug-likeness (QED) is 0.552. The molecular weight excluding hydrogens is 398 g/mol. The van der Waals surface area contributed by atoms with Gasteiger partial charge in [0.1, 0.15) is 0 Å². The van der Waals surface area contributed by atoms with Gasteiger partial charge in [-0.3, -0.25) is 9.59 Å². The van der Waals surface area contributed by atoms with Crippen LogP contribution in [0.15, 0.2) is 42.5 Å². The lowest BCUT2D eigenvalue weighted by atomic mass is 10.1. The molecule has 0 saturated heterocycles. The summed E-state index contributed by atoms with van der Waals surface area (Å²) >= 11 is 0. The van der Waals surface area contributed by atoms with Gasteiger partial charge in [-0.25, -0.2) is 0 Å². The number of amides is 1. The lowest BCUT2D eigenvalue weighted by molar-refractivity contribution is -0.154. The summed E-state index contributed by atoms with van der Waals surface area (Å²) in [6.07, 6.45) is 0.728. The van der Waals surface area contributed by atoms with Gasteiger partial charge >= 0.3 is 5.97 Å². The molecule has 0 aromatic heterocycles. The number of hydrogen-bond acceptors (Lipinski definition) is 6. The second kappa shape index (κ2) is 11.8. The smallest absolute Gasteiger partial charge is 0.311 e. The molecule has 0 unspecified atom stereocenters. The zero-order chi connectivity index (χ0) is 22.8. The molecule has 0 radical (unpaired) electrons. The highest BCUT2D eigenvalue weighted by Gasteiger charge is 2.21. The Morgan fingerprint density at radius 1 is 0.903 bits per heavy atom. The van der Waals surface area contributed by atoms with E-state index in [0.29, 0.717) is 22.8 Å². The van der Waals surface area contributed by atoms with E-state index in [0.717, 1.165) is 12.8 Å². The van der Waals surface area contributed by atoms with Crippen molar-refractivity contribution >= 4 is 11.9 Å². The van der Waals surface area contributed by atoms with Gasteiger partial charge in [0.05, 0.1) is 27.8 Å². The third kappa shape index (κ3) is 7.20. The van der Waals surface area contributed by atoms with Crippen molar-refractivity contribution in [3.05, 3.63) is 53.6 Å². The van der Waals surface area contributed by atoms with Gasteiger partial charge in [0.25, 0.3) is 5.91 Å². The predicted octanol–water partition coefficient (Wildman–Crippen LogP) is 3.32. The summed E-state index contributed by atoms with van der Waals surface area (Å²) in [5.41, 5.74) is 1.84. The van der Waals surface area contributed by atoms with Gasteiger partial charge in [0.15, 0.2) is 17.6 Å². The van der Waals surface area contributed by atoms with Crippen molar-refractivity contribution in [2.24, 2.45) is 0 Å². The van der Waals surface area contributed by atoms with E-state index in [1.54, 1.807) is 19.1 Å². The number of carbonyl (C=O) groups excluding carboxylic acids is 2. The summed E-state index contributed by atoms with van der Waals surface area (Å²) < 4.78 is 21.2. The van der Waals surface area contributed by atoms with Crippen molar-refractivity contribution in [1.82, 2.24) is 5.32 Å². The number of hydrogen-bond donors (Lipinski definition) is 1. The van der Waals surface area contributed by atoms with Crippen LogP contribution in [0, 0.1) is 0 Å². The van der Waals surface area contributed by atoms with Gasteiger partial charge in [-0.2, -0.15) is 0 Å². The van der Waals surface area contributed by atoms with Crippen LogP contribution >= 0.6 is 0 Å². The van der Waals surface area contributed by atoms with Gasteiger partial charge in [0.2, 0.25) is 5.75 Å². The van der Waals surface area contributed by atoms with Crippen LogP contribution in [0.4, 0.5) is 0 Å². The zero-order valence-electron chi connectivity index (χ0n) is 18.8. The Balaban J connectivity index is 1.87. The van der Waals surface area contributed by atoms with Crippen molar-refractivity contribution in [3.8, 4) is 17.2 Å². The Kier molecular flexibility index (Phi) is 9.18. The lowest BCUT2D eigenvalue weighted by Crippen LogP contribution is -2.41. The molecule has 31 heavy (non-hydrogen) atoms. The van der Waals surface area contributed by atoms with Gasteiger partial charge in [-0.15, -0.1) is 0 Å².